The van der Waals surface area contributed by atoms with Gasteiger partial charge in [0.05, 0.1) is 6.61 Å². The monoisotopic (exact) mass is 350 g/mol. The van der Waals surface area contributed by atoms with E-state index in [2.05, 4.69) is 17.6 Å². The molecule has 1 aromatic rings. The first kappa shape index (κ1) is 21.0. The molecule has 1 unspecified atom stereocenters. The van der Waals surface area contributed by atoms with Crippen LogP contribution >= 0.6 is 0 Å². The lowest BCUT2D eigenvalue weighted by Gasteiger charge is -2.15. The molecule has 0 radical (unpaired) electrons. The van der Waals surface area contributed by atoms with Gasteiger partial charge in [0.25, 0.3) is 0 Å². The fraction of sp³-hybridized carbons (Fsp3) is 0.526. The number of ether oxygens (including phenoxy) is 2. The Balaban J connectivity index is 2.52. The van der Waals surface area contributed by atoms with Crippen molar-refractivity contribution in [3.63, 3.8) is 0 Å². The smallest absolute Gasteiger partial charge is 0.213 e. The summed E-state index contributed by atoms with van der Waals surface area (Å²) in [6.45, 7) is 7.42. The first-order chi connectivity index (χ1) is 12.0. The molecule has 0 saturated heterocycles. The lowest BCUT2D eigenvalue weighted by Crippen LogP contribution is -2.35. The summed E-state index contributed by atoms with van der Waals surface area (Å²) in [5, 5.41) is 15.6. The first-order valence-corrected chi connectivity index (χ1v) is 8.74. The molecule has 0 fully saturated rings. The van der Waals surface area contributed by atoms with Crippen molar-refractivity contribution in [1.82, 2.24) is 10.6 Å². The van der Waals surface area contributed by atoms with Crippen molar-refractivity contribution < 1.29 is 19.4 Å². The van der Waals surface area contributed by atoms with E-state index in [1.54, 1.807) is 6.08 Å². The van der Waals surface area contributed by atoms with Crippen LogP contribution in [0.3, 0.4) is 0 Å². The van der Waals surface area contributed by atoms with Crippen molar-refractivity contribution in [3.05, 3.63) is 35.7 Å². The highest BCUT2D eigenvalue weighted by atomic mass is 16.5. The topological polar surface area (TPSA) is 79.8 Å². The van der Waals surface area contributed by atoms with E-state index in [4.69, 9.17) is 9.47 Å². The van der Waals surface area contributed by atoms with E-state index in [-0.39, 0.29) is 6.61 Å². The Morgan fingerprint density at radius 1 is 1.28 bits per heavy atom. The summed E-state index contributed by atoms with van der Waals surface area (Å²) in [4.78, 5) is 10.7. The van der Waals surface area contributed by atoms with Gasteiger partial charge in [-0.2, -0.15) is 0 Å². The Morgan fingerprint density at radius 3 is 2.60 bits per heavy atom. The highest BCUT2D eigenvalue weighted by molar-refractivity contribution is 5.58. The quantitative estimate of drug-likeness (QED) is 0.289. The van der Waals surface area contributed by atoms with Gasteiger partial charge in [-0.3, -0.25) is 10.1 Å². The van der Waals surface area contributed by atoms with Crippen LogP contribution in [0.4, 0.5) is 0 Å². The number of hydrogen-bond acceptors (Lipinski definition) is 5. The largest absolute Gasteiger partial charge is 0.491 e. The predicted molar refractivity (Wildman–Crippen MR) is 99.1 cm³/mol. The number of benzene rings is 1. The molecule has 1 amide bonds. The fourth-order valence-electron chi connectivity index (χ4n) is 1.94. The molecular formula is C19H30N2O4. The van der Waals surface area contributed by atoms with Crippen LogP contribution in [0.5, 0.6) is 5.75 Å². The number of aliphatic hydroxyl groups excluding tert-OH is 1. The first-order valence-electron chi connectivity index (χ1n) is 8.74. The zero-order chi connectivity index (χ0) is 18.5. The molecule has 1 aromatic carbocycles. The van der Waals surface area contributed by atoms with Gasteiger partial charge in [-0.15, -0.1) is 0 Å². The number of aliphatic hydroxyl groups is 1. The number of amides is 1. The minimum atomic E-state index is -0.558. The summed E-state index contributed by atoms with van der Waals surface area (Å²) in [7, 11) is 0. The van der Waals surface area contributed by atoms with Crippen molar-refractivity contribution >= 4 is 12.5 Å². The number of nitrogens with one attached hydrogen (secondary N) is 2. The van der Waals surface area contributed by atoms with Crippen LogP contribution < -0.4 is 15.4 Å². The molecular weight excluding hydrogens is 320 g/mol. The van der Waals surface area contributed by atoms with Crippen molar-refractivity contribution in [3.8, 4) is 5.75 Å². The summed E-state index contributed by atoms with van der Waals surface area (Å²) < 4.78 is 11.1. The van der Waals surface area contributed by atoms with Crippen LogP contribution in [0.25, 0.3) is 6.08 Å². The van der Waals surface area contributed by atoms with Crippen molar-refractivity contribution in [2.24, 2.45) is 0 Å². The maximum absolute atomic E-state index is 10.7. The Bertz CT molecular complexity index is 515. The second-order valence-corrected chi connectivity index (χ2v) is 6.07. The molecule has 0 aliphatic carbocycles. The van der Waals surface area contributed by atoms with Gasteiger partial charge in [-0.05, 0) is 24.1 Å². The Morgan fingerprint density at radius 2 is 2.00 bits per heavy atom. The number of hydrogen-bond donors (Lipinski definition) is 3. The van der Waals surface area contributed by atoms with Crippen LogP contribution in [-0.4, -0.2) is 43.4 Å². The third-order valence-electron chi connectivity index (χ3n) is 3.34. The average molecular weight is 350 g/mol. The van der Waals surface area contributed by atoms with Crippen LogP contribution in [0, 0.1) is 0 Å². The zero-order valence-electron chi connectivity index (χ0n) is 15.3. The zero-order valence-corrected chi connectivity index (χ0v) is 15.3. The average Bonchev–Trinajstić information content (AvgIpc) is 2.59. The van der Waals surface area contributed by atoms with Gasteiger partial charge in [0.2, 0.25) is 6.41 Å². The summed E-state index contributed by atoms with van der Waals surface area (Å²) in [5.41, 5.74) is 0.884. The molecule has 1 atom stereocenters. The van der Waals surface area contributed by atoms with Crippen molar-refractivity contribution in [2.45, 2.75) is 45.8 Å². The number of unbranched alkanes of at least 4 members (excludes halogenated alkanes) is 1. The van der Waals surface area contributed by atoms with Crippen molar-refractivity contribution in [2.75, 3.05) is 19.8 Å². The normalized spacial score (nSPS) is 12.8. The van der Waals surface area contributed by atoms with Gasteiger partial charge in [-0.1, -0.05) is 39.3 Å². The van der Waals surface area contributed by atoms with Gasteiger partial charge in [0.1, 0.15) is 18.5 Å². The fourth-order valence-corrected chi connectivity index (χ4v) is 1.94. The minimum absolute atomic E-state index is 0.229. The predicted octanol–water partition coefficient (Wildman–Crippen LogP) is 2.29. The Labute approximate surface area is 150 Å². The van der Waals surface area contributed by atoms with Gasteiger partial charge in [0, 0.05) is 18.7 Å². The molecule has 0 spiro atoms. The molecule has 0 aliphatic heterocycles. The molecule has 3 N–H and O–H groups in total. The highest BCUT2D eigenvalue weighted by Crippen LogP contribution is 2.15. The van der Waals surface area contributed by atoms with E-state index in [9.17, 15) is 9.90 Å². The molecule has 140 valence electrons. The third-order valence-corrected chi connectivity index (χ3v) is 3.34. The lowest BCUT2D eigenvalue weighted by molar-refractivity contribution is -0.109. The molecule has 0 bridgehead atoms. The molecule has 0 saturated carbocycles. The minimum Gasteiger partial charge on any atom is -0.491 e. The van der Waals surface area contributed by atoms with E-state index < -0.39 is 6.10 Å². The summed E-state index contributed by atoms with van der Waals surface area (Å²) in [5.74, 6) is 1.10. The van der Waals surface area contributed by atoms with Crippen LogP contribution in [0.2, 0.25) is 0 Å². The number of carbonyl (C=O) groups is 1. The molecule has 0 aliphatic rings. The SMILES string of the molecule is CCCCOC(=Cc1ccc(OCC(O)CNC(C)C)cc1)NC=O. The maximum Gasteiger partial charge on any atom is 0.213 e. The Hall–Kier alpha value is -2.05. The van der Waals surface area contributed by atoms with Gasteiger partial charge in [0.15, 0.2) is 5.88 Å². The molecule has 6 heteroatoms. The summed E-state index contributed by atoms with van der Waals surface area (Å²) in [6.07, 6.45) is 3.76. The number of rotatable bonds is 13. The van der Waals surface area contributed by atoms with Gasteiger partial charge >= 0.3 is 0 Å². The van der Waals surface area contributed by atoms with E-state index in [0.717, 1.165) is 18.4 Å². The summed E-state index contributed by atoms with van der Waals surface area (Å²) in [6, 6.07) is 7.69. The standard InChI is InChI=1S/C19H30N2O4/c1-4-5-10-24-19(21-14-22)11-16-6-8-18(9-7-16)25-13-17(23)12-20-15(2)3/h6-9,11,14-15,17,20,23H,4-5,10,12-13H2,1-3H3,(H,21,22). The molecule has 1 rings (SSSR count). The van der Waals surface area contributed by atoms with Crippen LogP contribution in [0.15, 0.2) is 30.1 Å². The molecule has 25 heavy (non-hydrogen) atoms. The van der Waals surface area contributed by atoms with E-state index in [1.165, 1.54) is 0 Å². The van der Waals surface area contributed by atoms with E-state index >= 15 is 0 Å². The van der Waals surface area contributed by atoms with E-state index in [1.807, 2.05) is 38.1 Å². The van der Waals surface area contributed by atoms with Crippen LogP contribution in [0.1, 0.15) is 39.2 Å². The second kappa shape index (κ2) is 12.3. The molecule has 0 aromatic heterocycles. The van der Waals surface area contributed by atoms with Gasteiger partial charge < -0.3 is 19.9 Å². The molecule has 0 heterocycles. The second-order valence-electron chi connectivity index (χ2n) is 6.07. The van der Waals surface area contributed by atoms with E-state index in [0.29, 0.717) is 37.2 Å². The Kier molecular flexibility index (Phi) is 10.4. The summed E-state index contributed by atoms with van der Waals surface area (Å²) >= 11 is 0. The third kappa shape index (κ3) is 9.74. The maximum atomic E-state index is 10.7. The number of carbonyl (C=O) groups excluding carboxylic acids is 1. The van der Waals surface area contributed by atoms with Crippen LogP contribution in [-0.2, 0) is 9.53 Å². The van der Waals surface area contributed by atoms with Gasteiger partial charge in [-0.25, -0.2) is 0 Å². The molecule has 6 nitrogen and oxygen atoms in total. The lowest BCUT2D eigenvalue weighted by atomic mass is 10.2. The highest BCUT2D eigenvalue weighted by Gasteiger charge is 2.06. The van der Waals surface area contributed by atoms with Crippen molar-refractivity contribution in [1.29, 1.82) is 0 Å².